The fourth-order valence-corrected chi connectivity index (χ4v) is 1.89. The second-order valence-electron chi connectivity index (χ2n) is 3.91. The van der Waals surface area contributed by atoms with E-state index in [1.807, 2.05) is 0 Å². The lowest BCUT2D eigenvalue weighted by Crippen LogP contribution is -2.30. The smallest absolute Gasteiger partial charge is 0.187 e. The Labute approximate surface area is 82.3 Å². The van der Waals surface area contributed by atoms with Gasteiger partial charge < -0.3 is 23.7 Å². The van der Waals surface area contributed by atoms with E-state index in [9.17, 15) is 4.79 Å². The number of carbonyl (C=O) groups excluding carboxylic acids is 1. The van der Waals surface area contributed by atoms with Gasteiger partial charge in [-0.1, -0.05) is 0 Å². The molecule has 0 amide bonds. The molecule has 2 aliphatic heterocycles. The molecular weight excluding hydrogens is 188 g/mol. The average molecular weight is 202 g/mol. The molecule has 14 heavy (non-hydrogen) atoms. The second-order valence-corrected chi connectivity index (χ2v) is 3.91. The van der Waals surface area contributed by atoms with E-state index in [-0.39, 0.29) is 12.2 Å². The molecular formula is C9H14O5. The van der Waals surface area contributed by atoms with Gasteiger partial charge in [0.2, 0.25) is 0 Å². The van der Waals surface area contributed by atoms with E-state index in [4.69, 9.17) is 18.9 Å². The van der Waals surface area contributed by atoms with Crippen LogP contribution in [-0.2, 0) is 23.7 Å². The molecule has 80 valence electrons. The van der Waals surface area contributed by atoms with Crippen molar-refractivity contribution in [2.24, 2.45) is 0 Å². The molecule has 0 aromatic rings. The van der Waals surface area contributed by atoms with Crippen LogP contribution in [0.1, 0.15) is 13.8 Å². The van der Waals surface area contributed by atoms with Gasteiger partial charge in [-0.3, -0.25) is 0 Å². The molecule has 4 atom stereocenters. The summed E-state index contributed by atoms with van der Waals surface area (Å²) < 4.78 is 21.5. The van der Waals surface area contributed by atoms with E-state index >= 15 is 0 Å². The maximum absolute atomic E-state index is 10.7. The van der Waals surface area contributed by atoms with E-state index in [0.29, 0.717) is 0 Å². The lowest BCUT2D eigenvalue weighted by molar-refractivity contribution is -0.223. The molecule has 5 nitrogen and oxygen atoms in total. The molecule has 0 spiro atoms. The van der Waals surface area contributed by atoms with Crippen LogP contribution in [-0.4, -0.2) is 43.8 Å². The summed E-state index contributed by atoms with van der Waals surface area (Å²) in [6.45, 7) is 3.61. The molecule has 0 aromatic heterocycles. The third-order valence-corrected chi connectivity index (χ3v) is 2.41. The molecule has 2 saturated heterocycles. The summed E-state index contributed by atoms with van der Waals surface area (Å²) in [4.78, 5) is 10.7. The zero-order valence-corrected chi connectivity index (χ0v) is 8.43. The molecule has 0 aliphatic carbocycles. The summed E-state index contributed by atoms with van der Waals surface area (Å²) in [6, 6.07) is 0. The molecule has 0 aromatic carbocycles. The number of ether oxygens (including phenoxy) is 4. The van der Waals surface area contributed by atoms with Gasteiger partial charge >= 0.3 is 0 Å². The predicted molar refractivity (Wildman–Crippen MR) is 45.6 cm³/mol. The van der Waals surface area contributed by atoms with E-state index < -0.39 is 18.2 Å². The molecule has 2 heterocycles. The Hall–Kier alpha value is -0.490. The molecule has 0 saturated carbocycles. The van der Waals surface area contributed by atoms with Crippen molar-refractivity contribution >= 4 is 6.29 Å². The van der Waals surface area contributed by atoms with Crippen LogP contribution in [0.4, 0.5) is 0 Å². The maximum Gasteiger partial charge on any atom is 0.187 e. The number of methoxy groups -OCH3 is 1. The first-order valence-electron chi connectivity index (χ1n) is 4.56. The Balaban J connectivity index is 2.16. The number of rotatable bonds is 2. The summed E-state index contributed by atoms with van der Waals surface area (Å²) in [7, 11) is 1.52. The molecule has 2 rings (SSSR count). The number of hydrogen-bond donors (Lipinski definition) is 0. The molecule has 0 bridgehead atoms. The first-order valence-corrected chi connectivity index (χ1v) is 4.56. The van der Waals surface area contributed by atoms with Crippen molar-refractivity contribution in [3.63, 3.8) is 0 Å². The number of aldehydes is 1. The second kappa shape index (κ2) is 3.27. The first-order chi connectivity index (χ1) is 6.57. The van der Waals surface area contributed by atoms with Gasteiger partial charge in [-0.2, -0.15) is 0 Å². The van der Waals surface area contributed by atoms with Gasteiger partial charge in [0.05, 0.1) is 0 Å². The topological polar surface area (TPSA) is 54.0 Å². The third-order valence-electron chi connectivity index (χ3n) is 2.41. The zero-order chi connectivity index (χ0) is 10.3. The van der Waals surface area contributed by atoms with Crippen molar-refractivity contribution in [1.29, 1.82) is 0 Å². The molecule has 0 radical (unpaired) electrons. The standard InChI is InChI=1S/C9H14O5/c1-9(2)13-6-5(4-10)12-8(11-3)7(6)14-9/h4-8H,1-3H3. The van der Waals surface area contributed by atoms with E-state index in [1.54, 1.807) is 13.8 Å². The number of hydrogen-bond acceptors (Lipinski definition) is 5. The van der Waals surface area contributed by atoms with Gasteiger partial charge in [0.25, 0.3) is 0 Å². The predicted octanol–water partition coefficient (Wildman–Crippen LogP) is 0.0767. The Morgan fingerprint density at radius 2 is 1.93 bits per heavy atom. The fourth-order valence-electron chi connectivity index (χ4n) is 1.89. The SMILES string of the molecule is COC1OC(C=O)C2OC(C)(C)OC12. The van der Waals surface area contributed by atoms with E-state index in [1.165, 1.54) is 7.11 Å². The largest absolute Gasteiger partial charge is 0.353 e. The van der Waals surface area contributed by atoms with Crippen molar-refractivity contribution in [2.75, 3.05) is 7.11 Å². The van der Waals surface area contributed by atoms with Crippen molar-refractivity contribution in [2.45, 2.75) is 44.2 Å². The number of fused-ring (bicyclic) bond motifs is 1. The summed E-state index contributed by atoms with van der Waals surface area (Å²) >= 11 is 0. The summed E-state index contributed by atoms with van der Waals surface area (Å²) in [6.07, 6.45) is -1.05. The lowest BCUT2D eigenvalue weighted by atomic mass is 10.1. The lowest BCUT2D eigenvalue weighted by Gasteiger charge is -2.21. The van der Waals surface area contributed by atoms with Crippen LogP contribution < -0.4 is 0 Å². The monoisotopic (exact) mass is 202 g/mol. The van der Waals surface area contributed by atoms with Crippen LogP contribution in [0, 0.1) is 0 Å². The van der Waals surface area contributed by atoms with Gasteiger partial charge in [0, 0.05) is 7.11 Å². The maximum atomic E-state index is 10.7. The van der Waals surface area contributed by atoms with Gasteiger partial charge in [-0.25, -0.2) is 0 Å². The van der Waals surface area contributed by atoms with Gasteiger partial charge in [0.15, 0.2) is 18.4 Å². The highest BCUT2D eigenvalue weighted by atomic mass is 16.8. The first kappa shape index (κ1) is 10.0. The van der Waals surface area contributed by atoms with Crippen LogP contribution in [0.15, 0.2) is 0 Å². The Bertz CT molecular complexity index is 239. The summed E-state index contributed by atoms with van der Waals surface area (Å²) in [5, 5.41) is 0. The van der Waals surface area contributed by atoms with Gasteiger partial charge in [0.1, 0.15) is 18.3 Å². The van der Waals surface area contributed by atoms with Crippen LogP contribution >= 0.6 is 0 Å². The van der Waals surface area contributed by atoms with Gasteiger partial charge in [-0.15, -0.1) is 0 Å². The number of carbonyl (C=O) groups is 1. The highest BCUT2D eigenvalue weighted by molar-refractivity contribution is 5.58. The molecule has 2 fully saturated rings. The van der Waals surface area contributed by atoms with Gasteiger partial charge in [-0.05, 0) is 13.8 Å². The highest BCUT2D eigenvalue weighted by Crippen LogP contribution is 2.38. The molecule has 2 aliphatic rings. The minimum atomic E-state index is -0.669. The minimum Gasteiger partial charge on any atom is -0.353 e. The highest BCUT2D eigenvalue weighted by Gasteiger charge is 2.55. The van der Waals surface area contributed by atoms with Crippen molar-refractivity contribution in [3.8, 4) is 0 Å². The van der Waals surface area contributed by atoms with Crippen LogP contribution in [0.3, 0.4) is 0 Å². The summed E-state index contributed by atoms with van der Waals surface area (Å²) in [5.74, 6) is -0.669. The van der Waals surface area contributed by atoms with E-state index in [0.717, 1.165) is 6.29 Å². The Morgan fingerprint density at radius 1 is 1.29 bits per heavy atom. The fraction of sp³-hybridized carbons (Fsp3) is 0.889. The minimum absolute atomic E-state index is 0.315. The van der Waals surface area contributed by atoms with Crippen LogP contribution in [0.25, 0.3) is 0 Å². The quantitative estimate of drug-likeness (QED) is 0.593. The normalized spacial score (nSPS) is 45.1. The third kappa shape index (κ3) is 1.46. The Morgan fingerprint density at radius 3 is 2.50 bits per heavy atom. The van der Waals surface area contributed by atoms with Crippen LogP contribution in [0.2, 0.25) is 0 Å². The van der Waals surface area contributed by atoms with Crippen LogP contribution in [0.5, 0.6) is 0 Å². The van der Waals surface area contributed by atoms with Crippen molar-refractivity contribution < 1.29 is 23.7 Å². The van der Waals surface area contributed by atoms with Crippen molar-refractivity contribution in [3.05, 3.63) is 0 Å². The molecule has 4 unspecified atom stereocenters. The molecule has 5 heteroatoms. The average Bonchev–Trinajstić information content (AvgIpc) is 2.57. The van der Waals surface area contributed by atoms with Crippen molar-refractivity contribution in [1.82, 2.24) is 0 Å². The molecule has 0 N–H and O–H groups in total. The Kier molecular flexibility index (Phi) is 2.35. The summed E-state index contributed by atoms with van der Waals surface area (Å²) in [5.41, 5.74) is 0. The zero-order valence-electron chi connectivity index (χ0n) is 8.43. The van der Waals surface area contributed by atoms with E-state index in [2.05, 4.69) is 0 Å².